The summed E-state index contributed by atoms with van der Waals surface area (Å²) in [4.78, 5) is 12.9. The minimum atomic E-state index is -0.470. The molecule has 1 aliphatic heterocycles. The predicted octanol–water partition coefficient (Wildman–Crippen LogP) is 12.7. The van der Waals surface area contributed by atoms with E-state index in [9.17, 15) is 0 Å². The smallest absolute Gasteiger partial charge is 0.145 e. The van der Waals surface area contributed by atoms with Crippen molar-refractivity contribution in [1.29, 1.82) is 0 Å². The van der Waals surface area contributed by atoms with Gasteiger partial charge >= 0.3 is 0 Å². The van der Waals surface area contributed by atoms with Crippen molar-refractivity contribution in [1.82, 2.24) is 14.5 Å². The minimum Gasteiger partial charge on any atom is -0.333 e. The summed E-state index contributed by atoms with van der Waals surface area (Å²) >= 11 is 0. The molecule has 0 radical (unpaired) electrons. The van der Waals surface area contributed by atoms with E-state index in [1.165, 1.54) is 67.0 Å². The van der Waals surface area contributed by atoms with E-state index in [4.69, 9.17) is 9.97 Å². The van der Waals surface area contributed by atoms with Gasteiger partial charge < -0.3 is 4.90 Å². The second kappa shape index (κ2) is 12.2. The van der Waals surface area contributed by atoms with Gasteiger partial charge in [0.1, 0.15) is 5.82 Å². The quantitative estimate of drug-likeness (QED) is 0.180. The predicted molar refractivity (Wildman–Crippen MR) is 239 cm³/mol. The van der Waals surface area contributed by atoms with Gasteiger partial charge in [-0.1, -0.05) is 152 Å². The summed E-state index contributed by atoms with van der Waals surface area (Å²) in [5.41, 5.74) is 20.3. The molecule has 0 saturated carbocycles. The highest BCUT2D eigenvalue weighted by atomic mass is 15.2. The fourth-order valence-corrected chi connectivity index (χ4v) is 10.9. The Hall–Kier alpha value is -7.56. The van der Waals surface area contributed by atoms with Crippen molar-refractivity contribution in [2.24, 2.45) is 0 Å². The van der Waals surface area contributed by atoms with E-state index >= 15 is 0 Å². The van der Waals surface area contributed by atoms with Gasteiger partial charge in [-0.3, -0.25) is 9.55 Å². The van der Waals surface area contributed by atoms with Crippen LogP contribution in [0.4, 0.5) is 11.4 Å². The second-order valence-electron chi connectivity index (χ2n) is 16.0. The molecular formula is C55H36N4. The third-order valence-corrected chi connectivity index (χ3v) is 13.2. The van der Waals surface area contributed by atoms with Crippen LogP contribution in [0.5, 0.6) is 0 Å². The van der Waals surface area contributed by atoms with Crippen molar-refractivity contribution in [3.8, 4) is 39.3 Å². The van der Waals surface area contributed by atoms with Gasteiger partial charge in [0.05, 0.1) is 28.2 Å². The highest BCUT2D eigenvalue weighted by Crippen LogP contribution is 2.65. The van der Waals surface area contributed by atoms with Crippen LogP contribution < -0.4 is 4.90 Å². The lowest BCUT2D eigenvalue weighted by Gasteiger charge is -2.36. The number of pyridine rings is 1. The summed E-state index contributed by atoms with van der Waals surface area (Å²) in [6.07, 6.45) is 6.89. The van der Waals surface area contributed by atoms with Crippen LogP contribution >= 0.6 is 0 Å². The normalized spacial score (nSPS) is 19.1. The number of nitrogens with zero attached hydrogens (tertiary/aromatic N) is 4. The Balaban J connectivity index is 0.918. The maximum Gasteiger partial charge on any atom is 0.145 e. The van der Waals surface area contributed by atoms with E-state index in [0.29, 0.717) is 0 Å². The van der Waals surface area contributed by atoms with Gasteiger partial charge in [0.25, 0.3) is 0 Å². The summed E-state index contributed by atoms with van der Waals surface area (Å²) in [6, 6.07) is 68.4. The summed E-state index contributed by atoms with van der Waals surface area (Å²) in [5.74, 6) is 1.15. The highest BCUT2D eigenvalue weighted by molar-refractivity contribution is 6.00. The molecule has 0 amide bonds. The van der Waals surface area contributed by atoms with Gasteiger partial charge in [-0.05, 0) is 98.6 Å². The first kappa shape index (κ1) is 32.5. The Labute approximate surface area is 342 Å². The molecule has 9 aromatic rings. The molecular weight excluding hydrogens is 717 g/mol. The maximum atomic E-state index is 5.20. The molecule has 59 heavy (non-hydrogen) atoms. The van der Waals surface area contributed by atoms with E-state index in [2.05, 4.69) is 204 Å². The zero-order chi connectivity index (χ0) is 38.7. The first-order chi connectivity index (χ1) is 29.3. The molecule has 7 aromatic carbocycles. The van der Waals surface area contributed by atoms with Gasteiger partial charge in [0.15, 0.2) is 0 Å². The average Bonchev–Trinajstić information content (AvgIpc) is 4.04. The van der Waals surface area contributed by atoms with Gasteiger partial charge in [-0.15, -0.1) is 0 Å². The van der Waals surface area contributed by atoms with Crippen LogP contribution in [-0.2, 0) is 5.41 Å². The number of hydrogen-bond acceptors (Lipinski definition) is 3. The van der Waals surface area contributed by atoms with Gasteiger partial charge in [0.2, 0.25) is 0 Å². The van der Waals surface area contributed by atoms with Crippen LogP contribution in [0.15, 0.2) is 212 Å². The largest absolute Gasteiger partial charge is 0.333 e. The van der Waals surface area contributed by atoms with E-state index in [0.717, 1.165) is 33.8 Å². The lowest BCUT2D eigenvalue weighted by molar-refractivity contribution is 0.721. The molecule has 13 rings (SSSR count). The number of rotatable bonds is 4. The van der Waals surface area contributed by atoms with Crippen molar-refractivity contribution < 1.29 is 0 Å². The fraction of sp³-hybridized carbons (Fsp3) is 0.0545. The van der Waals surface area contributed by atoms with Crippen molar-refractivity contribution in [2.45, 2.75) is 17.4 Å². The van der Waals surface area contributed by atoms with Crippen molar-refractivity contribution >= 4 is 28.0 Å². The Morgan fingerprint density at radius 1 is 0.508 bits per heavy atom. The Kier molecular flexibility index (Phi) is 6.74. The maximum absolute atomic E-state index is 5.20. The molecule has 1 spiro atoms. The van der Waals surface area contributed by atoms with Crippen LogP contribution in [0, 0.1) is 0 Å². The van der Waals surface area contributed by atoms with Gasteiger partial charge in [-0.25, -0.2) is 4.98 Å². The number of benzene rings is 7. The first-order valence-electron chi connectivity index (χ1n) is 20.5. The Morgan fingerprint density at radius 3 is 1.97 bits per heavy atom. The molecule has 3 aliphatic carbocycles. The van der Waals surface area contributed by atoms with E-state index < -0.39 is 5.41 Å². The molecule has 276 valence electrons. The van der Waals surface area contributed by atoms with E-state index in [1.807, 2.05) is 12.3 Å². The number of aromatic nitrogens is 3. The number of para-hydroxylation sites is 3. The molecule has 3 heterocycles. The molecule has 0 saturated heterocycles. The lowest BCUT2D eigenvalue weighted by atomic mass is 9.70. The molecule has 0 N–H and O–H groups in total. The fourth-order valence-electron chi connectivity index (χ4n) is 10.9. The van der Waals surface area contributed by atoms with Gasteiger partial charge in [-0.2, -0.15) is 0 Å². The number of anilines is 2. The molecule has 4 nitrogen and oxygen atoms in total. The van der Waals surface area contributed by atoms with Crippen molar-refractivity contribution in [3.05, 3.63) is 240 Å². The number of fused-ring (bicyclic) bond motifs is 14. The van der Waals surface area contributed by atoms with Crippen LogP contribution in [-0.4, -0.2) is 20.6 Å². The average molecular weight is 753 g/mol. The first-order valence-corrected chi connectivity index (χ1v) is 20.5. The SMILES string of the molecule is C1=CC2c3ccccc3N(c3ccc(-c4ccc(-n5c(-c6ccccc6)nc6ccccc65)cc4)cc3)C2C2=C1C1(c3ccccc32)c2ccccc2-c2cccnc21. The van der Waals surface area contributed by atoms with Crippen LogP contribution in [0.25, 0.3) is 55.9 Å². The third kappa shape index (κ3) is 4.38. The van der Waals surface area contributed by atoms with Crippen LogP contribution in [0.2, 0.25) is 0 Å². The van der Waals surface area contributed by atoms with E-state index in [1.54, 1.807) is 0 Å². The molecule has 0 fully saturated rings. The number of imidazole rings is 1. The van der Waals surface area contributed by atoms with Crippen molar-refractivity contribution in [2.75, 3.05) is 4.90 Å². The second-order valence-corrected chi connectivity index (χ2v) is 16.0. The standard InChI is InChI=1S/C55H36N4/c1-2-13-37(14-3-1)54-57-48-21-9-11-23-50(48)59(54)39-30-26-36(27-31-39)35-24-28-38(29-25-35)58-49-22-10-6-16-41(49)42-32-33-47-51(52(42)58)44-17-5-8-20-46(44)55(47)45-19-7-4-15-40(45)43-18-12-34-56-53(43)55/h1-34,42,52H. The summed E-state index contributed by atoms with van der Waals surface area (Å²) in [7, 11) is 0. The summed E-state index contributed by atoms with van der Waals surface area (Å²) < 4.78 is 2.27. The molecule has 3 atom stereocenters. The molecule has 0 bridgehead atoms. The van der Waals surface area contributed by atoms with Gasteiger partial charge in [0, 0.05) is 40.3 Å². The van der Waals surface area contributed by atoms with Crippen LogP contribution in [0.3, 0.4) is 0 Å². The topological polar surface area (TPSA) is 34.0 Å². The van der Waals surface area contributed by atoms with Crippen LogP contribution in [0.1, 0.15) is 33.9 Å². The minimum absolute atomic E-state index is 0.0850. The lowest BCUT2D eigenvalue weighted by Crippen LogP contribution is -2.34. The summed E-state index contributed by atoms with van der Waals surface area (Å²) in [5, 5.41) is 0. The zero-order valence-electron chi connectivity index (χ0n) is 32.1. The number of allylic oxidation sites excluding steroid dienone is 2. The zero-order valence-corrected chi connectivity index (χ0v) is 32.1. The molecule has 4 heteroatoms. The number of hydrogen-bond donors (Lipinski definition) is 0. The monoisotopic (exact) mass is 752 g/mol. The Morgan fingerprint density at radius 2 is 1.15 bits per heavy atom. The molecule has 4 aliphatic rings. The summed E-state index contributed by atoms with van der Waals surface area (Å²) in [6.45, 7) is 0. The van der Waals surface area contributed by atoms with E-state index in [-0.39, 0.29) is 12.0 Å². The van der Waals surface area contributed by atoms with Crippen molar-refractivity contribution in [3.63, 3.8) is 0 Å². The third-order valence-electron chi connectivity index (χ3n) is 13.2. The molecule has 2 aromatic heterocycles. The molecule has 3 unspecified atom stereocenters. The Bertz CT molecular complexity index is 3180. The highest BCUT2D eigenvalue weighted by Gasteiger charge is 2.57.